The van der Waals surface area contributed by atoms with Crippen molar-refractivity contribution in [3.63, 3.8) is 0 Å². The van der Waals surface area contributed by atoms with Crippen LogP contribution >= 0.6 is 34.2 Å². The number of carbonyl (C=O) groups excluding carboxylic acids is 1. The molecule has 5 heteroatoms. The van der Waals surface area contributed by atoms with Crippen molar-refractivity contribution in [2.75, 3.05) is 13.1 Å². The van der Waals surface area contributed by atoms with Crippen LogP contribution in [-0.2, 0) is 0 Å². The second-order valence-electron chi connectivity index (χ2n) is 5.52. The van der Waals surface area contributed by atoms with E-state index < -0.39 is 0 Å². The molecule has 3 nitrogen and oxygen atoms in total. The first-order valence-corrected chi connectivity index (χ1v) is 9.09. The molecule has 1 aromatic carbocycles. The number of hydrogen-bond acceptors (Lipinski definition) is 2. The maximum Gasteiger partial charge on any atom is 0.252 e. The predicted octanol–water partition coefficient (Wildman–Crippen LogP) is 3.99. The normalized spacial score (nSPS) is 16.5. The van der Waals surface area contributed by atoms with Crippen molar-refractivity contribution in [3.05, 3.63) is 32.4 Å². The topological polar surface area (TPSA) is 41.1 Å². The molecule has 1 aliphatic carbocycles. The Morgan fingerprint density at radius 3 is 2.62 bits per heavy atom. The predicted molar refractivity (Wildman–Crippen MR) is 96.0 cm³/mol. The van der Waals surface area contributed by atoms with Gasteiger partial charge in [-0.2, -0.15) is 0 Å². The summed E-state index contributed by atoms with van der Waals surface area (Å²) >= 11 is 8.10. The highest BCUT2D eigenvalue weighted by atomic mass is 127. The lowest BCUT2D eigenvalue weighted by atomic mass is 10.1. The maximum atomic E-state index is 12.1. The van der Waals surface area contributed by atoms with Gasteiger partial charge in [0.2, 0.25) is 0 Å². The van der Waals surface area contributed by atoms with E-state index in [0.717, 1.165) is 10.1 Å². The number of benzene rings is 1. The molecular weight excluding hydrogens is 399 g/mol. The summed E-state index contributed by atoms with van der Waals surface area (Å²) < 4.78 is 0.922. The summed E-state index contributed by atoms with van der Waals surface area (Å²) in [5.74, 6) is -0.0513. The molecule has 0 aromatic heterocycles. The van der Waals surface area contributed by atoms with Crippen LogP contribution < -0.4 is 10.6 Å². The minimum atomic E-state index is -0.0513. The van der Waals surface area contributed by atoms with Crippen LogP contribution in [0.15, 0.2) is 18.2 Å². The van der Waals surface area contributed by atoms with Gasteiger partial charge in [-0.25, -0.2) is 0 Å². The zero-order valence-electron chi connectivity index (χ0n) is 12.1. The molecule has 0 atom stereocenters. The smallest absolute Gasteiger partial charge is 0.252 e. The molecule has 2 N–H and O–H groups in total. The highest BCUT2D eigenvalue weighted by molar-refractivity contribution is 14.1. The van der Waals surface area contributed by atoms with Crippen molar-refractivity contribution < 1.29 is 4.79 Å². The number of hydrogen-bond donors (Lipinski definition) is 2. The molecule has 1 saturated carbocycles. The zero-order valence-corrected chi connectivity index (χ0v) is 15.0. The largest absolute Gasteiger partial charge is 0.351 e. The van der Waals surface area contributed by atoms with E-state index in [9.17, 15) is 4.79 Å². The molecule has 1 fully saturated rings. The van der Waals surface area contributed by atoms with Gasteiger partial charge >= 0.3 is 0 Å². The third-order valence-corrected chi connectivity index (χ3v) is 5.05. The second kappa shape index (κ2) is 8.96. The first kappa shape index (κ1) is 17.0. The molecule has 0 heterocycles. The Balaban J connectivity index is 1.72. The Morgan fingerprint density at radius 1 is 1.19 bits per heavy atom. The average molecular weight is 421 g/mol. The fourth-order valence-corrected chi connectivity index (χ4v) is 3.46. The SMILES string of the molecule is O=C(NCCNC1CCCCCC1)c1cc(Cl)ccc1I. The fourth-order valence-electron chi connectivity index (χ4n) is 2.70. The summed E-state index contributed by atoms with van der Waals surface area (Å²) in [6.45, 7) is 1.48. The lowest BCUT2D eigenvalue weighted by Gasteiger charge is -2.16. The molecule has 0 aliphatic heterocycles. The number of amides is 1. The van der Waals surface area contributed by atoms with Crippen molar-refractivity contribution in [1.29, 1.82) is 0 Å². The van der Waals surface area contributed by atoms with Gasteiger partial charge in [0.1, 0.15) is 0 Å². The van der Waals surface area contributed by atoms with Gasteiger partial charge in [-0.15, -0.1) is 0 Å². The number of rotatable bonds is 5. The van der Waals surface area contributed by atoms with Crippen LogP contribution in [-0.4, -0.2) is 25.0 Å². The Morgan fingerprint density at radius 2 is 1.90 bits per heavy atom. The molecule has 2 rings (SSSR count). The van der Waals surface area contributed by atoms with Crippen LogP contribution in [0.4, 0.5) is 0 Å². The summed E-state index contributed by atoms with van der Waals surface area (Å²) in [5, 5.41) is 7.10. The second-order valence-corrected chi connectivity index (χ2v) is 7.12. The van der Waals surface area contributed by atoms with Crippen LogP contribution in [0, 0.1) is 3.57 Å². The van der Waals surface area contributed by atoms with E-state index in [1.165, 1.54) is 38.5 Å². The lowest BCUT2D eigenvalue weighted by molar-refractivity contribution is 0.0952. The van der Waals surface area contributed by atoms with Crippen LogP contribution in [0.5, 0.6) is 0 Å². The molecule has 0 saturated heterocycles. The molecular formula is C16H22ClIN2O. The minimum absolute atomic E-state index is 0.0513. The first-order chi connectivity index (χ1) is 10.2. The Kier molecular flexibility index (Phi) is 7.26. The maximum absolute atomic E-state index is 12.1. The van der Waals surface area contributed by atoms with Gasteiger partial charge in [0.05, 0.1) is 5.56 Å². The van der Waals surface area contributed by atoms with Crippen LogP contribution in [0.2, 0.25) is 5.02 Å². The van der Waals surface area contributed by atoms with Crippen LogP contribution in [0.3, 0.4) is 0 Å². The molecule has 116 valence electrons. The van der Waals surface area contributed by atoms with Gasteiger partial charge in [-0.05, 0) is 53.6 Å². The summed E-state index contributed by atoms with van der Waals surface area (Å²) in [6, 6.07) is 6.00. The summed E-state index contributed by atoms with van der Waals surface area (Å²) in [4.78, 5) is 12.1. The van der Waals surface area contributed by atoms with Gasteiger partial charge in [-0.3, -0.25) is 4.79 Å². The standard InChI is InChI=1S/C16H22ClIN2O/c17-12-7-8-15(18)14(11-12)16(21)20-10-9-19-13-5-3-1-2-4-6-13/h7-8,11,13,19H,1-6,9-10H2,(H,20,21). The fraction of sp³-hybridized carbons (Fsp3) is 0.562. The van der Waals surface area contributed by atoms with E-state index in [1.807, 2.05) is 6.07 Å². The summed E-state index contributed by atoms with van der Waals surface area (Å²) in [5.41, 5.74) is 0.651. The number of carbonyl (C=O) groups is 1. The van der Waals surface area contributed by atoms with Crippen molar-refractivity contribution in [2.24, 2.45) is 0 Å². The minimum Gasteiger partial charge on any atom is -0.351 e. The molecule has 21 heavy (non-hydrogen) atoms. The van der Waals surface area contributed by atoms with Crippen LogP contribution in [0.25, 0.3) is 0 Å². The third-order valence-electron chi connectivity index (χ3n) is 3.87. The number of nitrogens with one attached hydrogen (secondary N) is 2. The van der Waals surface area contributed by atoms with E-state index in [1.54, 1.807) is 12.1 Å². The van der Waals surface area contributed by atoms with Crippen molar-refractivity contribution in [2.45, 2.75) is 44.6 Å². The third kappa shape index (κ3) is 5.75. The van der Waals surface area contributed by atoms with E-state index in [4.69, 9.17) is 11.6 Å². The molecule has 0 spiro atoms. The number of halogens is 2. The highest BCUT2D eigenvalue weighted by Crippen LogP contribution is 2.18. The zero-order chi connectivity index (χ0) is 15.1. The van der Waals surface area contributed by atoms with E-state index in [2.05, 4.69) is 33.2 Å². The summed E-state index contributed by atoms with van der Waals surface area (Å²) in [6.07, 6.45) is 7.90. The van der Waals surface area contributed by atoms with Gasteiger partial charge < -0.3 is 10.6 Å². The molecule has 0 unspecified atom stereocenters. The van der Waals surface area contributed by atoms with Crippen molar-refractivity contribution in [3.8, 4) is 0 Å². The Bertz CT molecular complexity index is 473. The van der Waals surface area contributed by atoms with E-state index >= 15 is 0 Å². The van der Waals surface area contributed by atoms with Gasteiger partial charge in [0, 0.05) is 27.7 Å². The van der Waals surface area contributed by atoms with Crippen molar-refractivity contribution in [1.82, 2.24) is 10.6 Å². The van der Waals surface area contributed by atoms with E-state index in [-0.39, 0.29) is 5.91 Å². The Hall–Kier alpha value is -0.330. The molecule has 1 amide bonds. The van der Waals surface area contributed by atoms with Gasteiger partial charge in [-0.1, -0.05) is 37.3 Å². The lowest BCUT2D eigenvalue weighted by Crippen LogP contribution is -2.37. The van der Waals surface area contributed by atoms with Gasteiger partial charge in [0.25, 0.3) is 5.91 Å². The monoisotopic (exact) mass is 420 g/mol. The molecule has 1 aromatic rings. The first-order valence-electron chi connectivity index (χ1n) is 7.63. The quantitative estimate of drug-likeness (QED) is 0.430. The van der Waals surface area contributed by atoms with E-state index in [0.29, 0.717) is 23.2 Å². The average Bonchev–Trinajstić information content (AvgIpc) is 2.74. The summed E-state index contributed by atoms with van der Waals surface area (Å²) in [7, 11) is 0. The van der Waals surface area contributed by atoms with Crippen LogP contribution in [0.1, 0.15) is 48.9 Å². The van der Waals surface area contributed by atoms with Crippen molar-refractivity contribution >= 4 is 40.1 Å². The molecule has 0 radical (unpaired) electrons. The Labute approximate surface area is 145 Å². The van der Waals surface area contributed by atoms with Gasteiger partial charge in [0.15, 0.2) is 0 Å². The molecule has 0 bridgehead atoms. The molecule has 1 aliphatic rings. The highest BCUT2D eigenvalue weighted by Gasteiger charge is 2.12.